The van der Waals surface area contributed by atoms with E-state index in [9.17, 15) is 0 Å². The van der Waals surface area contributed by atoms with Gasteiger partial charge in [0.05, 0.1) is 28.1 Å². The van der Waals surface area contributed by atoms with Crippen molar-refractivity contribution in [1.82, 2.24) is 4.57 Å². The molecule has 1 aliphatic rings. The van der Waals surface area contributed by atoms with Crippen LogP contribution in [0.5, 0.6) is 0 Å². The van der Waals surface area contributed by atoms with Gasteiger partial charge in [-0.1, -0.05) is 127 Å². The van der Waals surface area contributed by atoms with Crippen molar-refractivity contribution in [3.8, 4) is 16.8 Å². The molecular weight excluding hydrogens is 663 g/mol. The Morgan fingerprint density at radius 1 is 0.453 bits per heavy atom. The van der Waals surface area contributed by atoms with Crippen molar-refractivity contribution < 1.29 is 0 Å². The van der Waals surface area contributed by atoms with Gasteiger partial charge in [0, 0.05) is 43.3 Å². The minimum Gasteiger partial charge on any atom is -0.310 e. The average Bonchev–Trinajstić information content (AvgIpc) is 3.56. The lowest BCUT2D eigenvalue weighted by Crippen LogP contribution is -2.15. The number of hydrogen-bond donors (Lipinski definition) is 0. The maximum absolute atomic E-state index is 2.43. The molecular formula is C49H35N3S. The first kappa shape index (κ1) is 31.3. The highest BCUT2D eigenvalue weighted by atomic mass is 32.2. The Balaban J connectivity index is 1.17. The van der Waals surface area contributed by atoms with E-state index in [2.05, 4.69) is 215 Å². The predicted molar refractivity (Wildman–Crippen MR) is 224 cm³/mol. The molecule has 1 aliphatic heterocycles. The lowest BCUT2D eigenvalue weighted by Gasteiger charge is -2.33. The number of rotatable bonds is 6. The van der Waals surface area contributed by atoms with Crippen molar-refractivity contribution in [2.75, 3.05) is 9.80 Å². The highest BCUT2D eigenvalue weighted by Crippen LogP contribution is 2.52. The molecule has 0 atom stereocenters. The van der Waals surface area contributed by atoms with E-state index in [4.69, 9.17) is 0 Å². The summed E-state index contributed by atoms with van der Waals surface area (Å²) in [4.78, 5) is 7.32. The molecule has 0 fully saturated rings. The Morgan fingerprint density at radius 2 is 1.02 bits per heavy atom. The molecule has 0 spiro atoms. The number of aromatic nitrogens is 1. The van der Waals surface area contributed by atoms with Crippen LogP contribution in [-0.4, -0.2) is 4.57 Å². The lowest BCUT2D eigenvalue weighted by atomic mass is 10.0. The van der Waals surface area contributed by atoms with Gasteiger partial charge in [0.25, 0.3) is 0 Å². The van der Waals surface area contributed by atoms with Gasteiger partial charge in [-0.15, -0.1) is 0 Å². The molecule has 1 aromatic heterocycles. The molecule has 0 amide bonds. The molecule has 0 saturated carbocycles. The summed E-state index contributed by atoms with van der Waals surface area (Å²) in [6.45, 7) is 2.14. The minimum absolute atomic E-state index is 1.11. The second-order valence-electron chi connectivity index (χ2n) is 13.5. The fraction of sp³-hybridized carbons (Fsp3) is 0.0204. The number of fused-ring (bicyclic) bond motifs is 5. The first-order chi connectivity index (χ1) is 26.2. The van der Waals surface area contributed by atoms with Gasteiger partial charge in [0.15, 0.2) is 0 Å². The summed E-state index contributed by atoms with van der Waals surface area (Å²) in [6, 6.07) is 70.3. The molecule has 0 N–H and O–H groups in total. The van der Waals surface area contributed by atoms with Crippen LogP contribution < -0.4 is 9.80 Å². The maximum Gasteiger partial charge on any atom is 0.0601 e. The third-order valence-electron chi connectivity index (χ3n) is 10.2. The average molecular weight is 698 g/mol. The van der Waals surface area contributed by atoms with Crippen LogP contribution in [0.15, 0.2) is 204 Å². The fourth-order valence-electron chi connectivity index (χ4n) is 7.77. The van der Waals surface area contributed by atoms with Crippen molar-refractivity contribution in [3.05, 3.63) is 200 Å². The van der Waals surface area contributed by atoms with E-state index >= 15 is 0 Å². The Kier molecular flexibility index (Phi) is 7.63. The molecule has 0 saturated heterocycles. The van der Waals surface area contributed by atoms with E-state index in [1.165, 1.54) is 54.1 Å². The second kappa shape index (κ2) is 12.9. The normalized spacial score (nSPS) is 12.1. The smallest absolute Gasteiger partial charge is 0.0601 e. The van der Waals surface area contributed by atoms with E-state index in [0.29, 0.717) is 0 Å². The van der Waals surface area contributed by atoms with Crippen molar-refractivity contribution in [2.24, 2.45) is 0 Å². The number of para-hydroxylation sites is 3. The zero-order chi connectivity index (χ0) is 35.3. The molecule has 252 valence electrons. The van der Waals surface area contributed by atoms with E-state index in [-0.39, 0.29) is 0 Å². The van der Waals surface area contributed by atoms with Gasteiger partial charge in [0.1, 0.15) is 0 Å². The maximum atomic E-state index is 2.43. The summed E-state index contributed by atoms with van der Waals surface area (Å²) in [5, 5.41) is 2.43. The number of aryl methyl sites for hydroxylation is 1. The molecule has 0 aliphatic carbocycles. The summed E-state index contributed by atoms with van der Waals surface area (Å²) in [5.74, 6) is 0. The molecule has 0 unspecified atom stereocenters. The van der Waals surface area contributed by atoms with Crippen molar-refractivity contribution in [2.45, 2.75) is 16.7 Å². The second-order valence-corrected chi connectivity index (χ2v) is 14.6. The van der Waals surface area contributed by atoms with Gasteiger partial charge in [-0.3, -0.25) is 0 Å². The topological polar surface area (TPSA) is 11.4 Å². The van der Waals surface area contributed by atoms with E-state index in [1.54, 1.807) is 0 Å². The van der Waals surface area contributed by atoms with Crippen LogP contribution in [0.1, 0.15) is 5.56 Å². The number of benzene rings is 8. The number of nitrogens with zero attached hydrogens (tertiary/aromatic N) is 3. The Morgan fingerprint density at radius 3 is 1.75 bits per heavy atom. The van der Waals surface area contributed by atoms with Crippen LogP contribution in [0, 0.1) is 6.92 Å². The van der Waals surface area contributed by atoms with Crippen LogP contribution in [0.25, 0.3) is 38.6 Å². The van der Waals surface area contributed by atoms with Gasteiger partial charge in [0.2, 0.25) is 0 Å². The molecule has 8 aromatic carbocycles. The summed E-state index contributed by atoms with van der Waals surface area (Å²) < 4.78 is 2.43. The zero-order valence-corrected chi connectivity index (χ0v) is 30.0. The summed E-state index contributed by atoms with van der Waals surface area (Å²) >= 11 is 1.84. The van der Waals surface area contributed by atoms with Crippen LogP contribution in [-0.2, 0) is 0 Å². The molecule has 10 rings (SSSR count). The van der Waals surface area contributed by atoms with E-state index < -0.39 is 0 Å². The van der Waals surface area contributed by atoms with Crippen molar-refractivity contribution in [1.29, 1.82) is 0 Å². The third kappa shape index (κ3) is 5.38. The SMILES string of the molecule is Cc1ccc(N(c2ccc(-c3ccccc3)cc2)c2cccc3c2c2ccccc2n3-c2cccc(N3c4ccccc4Sc4ccccc43)c2)cc1. The quantitative estimate of drug-likeness (QED) is 0.171. The molecule has 2 heterocycles. The molecule has 53 heavy (non-hydrogen) atoms. The first-order valence-electron chi connectivity index (χ1n) is 18.0. The van der Waals surface area contributed by atoms with Crippen LogP contribution in [0.2, 0.25) is 0 Å². The van der Waals surface area contributed by atoms with Gasteiger partial charge in [-0.2, -0.15) is 0 Å². The Hall–Kier alpha value is -6.49. The van der Waals surface area contributed by atoms with Gasteiger partial charge < -0.3 is 14.4 Å². The van der Waals surface area contributed by atoms with E-state index in [0.717, 1.165) is 34.0 Å². The van der Waals surface area contributed by atoms with Crippen molar-refractivity contribution >= 4 is 67.7 Å². The van der Waals surface area contributed by atoms with Crippen LogP contribution in [0.3, 0.4) is 0 Å². The first-order valence-corrected chi connectivity index (χ1v) is 18.8. The van der Waals surface area contributed by atoms with Crippen LogP contribution >= 0.6 is 11.8 Å². The van der Waals surface area contributed by atoms with Gasteiger partial charge in [-0.05, 0) is 103 Å². The molecule has 3 nitrogen and oxygen atoms in total. The third-order valence-corrected chi connectivity index (χ3v) is 11.3. The lowest BCUT2D eigenvalue weighted by molar-refractivity contribution is 1.14. The predicted octanol–water partition coefficient (Wildman–Crippen LogP) is 14.2. The number of hydrogen-bond acceptors (Lipinski definition) is 3. The molecule has 0 radical (unpaired) electrons. The van der Waals surface area contributed by atoms with E-state index in [1.807, 2.05) is 11.8 Å². The zero-order valence-electron chi connectivity index (χ0n) is 29.2. The largest absolute Gasteiger partial charge is 0.310 e. The Labute approximate surface area is 314 Å². The summed E-state index contributed by atoms with van der Waals surface area (Å²) in [5.41, 5.74) is 14.0. The van der Waals surface area contributed by atoms with Gasteiger partial charge in [-0.25, -0.2) is 0 Å². The molecule has 4 heteroatoms. The molecule has 0 bridgehead atoms. The van der Waals surface area contributed by atoms with Gasteiger partial charge >= 0.3 is 0 Å². The highest BCUT2D eigenvalue weighted by molar-refractivity contribution is 7.99. The highest BCUT2D eigenvalue weighted by Gasteiger charge is 2.26. The minimum atomic E-state index is 1.11. The fourth-order valence-corrected chi connectivity index (χ4v) is 8.83. The summed E-state index contributed by atoms with van der Waals surface area (Å²) in [6.07, 6.45) is 0. The number of anilines is 6. The van der Waals surface area contributed by atoms with Crippen molar-refractivity contribution in [3.63, 3.8) is 0 Å². The molecule has 9 aromatic rings. The van der Waals surface area contributed by atoms with Crippen LogP contribution in [0.4, 0.5) is 34.1 Å². The monoisotopic (exact) mass is 697 g/mol. The standard InChI is InChI=1S/C49H35N3S/c1-34-25-29-37(30-26-34)50(38-31-27-36(28-32-38)35-13-3-2-4-14-35)45-21-12-22-46-49(45)41-17-5-6-18-42(41)51(46)39-15-11-16-40(33-39)52-43-19-7-9-23-47(43)53-48-24-10-8-20-44(48)52/h2-33H,1H3. The summed E-state index contributed by atoms with van der Waals surface area (Å²) in [7, 11) is 0. The Bertz CT molecular complexity index is 2720.